The molecular formula is C12H18N2O2. The minimum absolute atomic E-state index is 0.117. The van der Waals surface area contributed by atoms with Crippen molar-refractivity contribution in [3.63, 3.8) is 0 Å². The Bertz CT molecular complexity index is 375. The first-order valence-corrected chi connectivity index (χ1v) is 5.32. The minimum atomic E-state index is -1.09. The van der Waals surface area contributed by atoms with Crippen LogP contribution < -0.4 is 11.1 Å². The molecule has 4 heteroatoms. The van der Waals surface area contributed by atoms with Crippen molar-refractivity contribution < 1.29 is 9.90 Å². The largest absolute Gasteiger partial charge is 0.384 e. The van der Waals surface area contributed by atoms with Crippen LogP contribution in [0.25, 0.3) is 0 Å². The average molecular weight is 222 g/mol. The van der Waals surface area contributed by atoms with Gasteiger partial charge in [0.1, 0.15) is 0 Å². The van der Waals surface area contributed by atoms with Gasteiger partial charge in [-0.25, -0.2) is 0 Å². The number of aliphatic hydroxyl groups is 1. The molecule has 1 aromatic rings. The molecule has 0 spiro atoms. The predicted octanol–water partition coefficient (Wildman–Crippen LogP) is 0.603. The van der Waals surface area contributed by atoms with E-state index in [1.54, 1.807) is 31.2 Å². The van der Waals surface area contributed by atoms with E-state index in [0.29, 0.717) is 17.7 Å². The van der Waals surface area contributed by atoms with Gasteiger partial charge < -0.3 is 16.2 Å². The smallest absolute Gasteiger partial charge is 0.251 e. The molecule has 0 fully saturated rings. The zero-order valence-electron chi connectivity index (χ0n) is 9.66. The van der Waals surface area contributed by atoms with Crippen molar-refractivity contribution >= 4 is 5.91 Å². The van der Waals surface area contributed by atoms with Crippen LogP contribution in [0.15, 0.2) is 24.3 Å². The van der Waals surface area contributed by atoms with Crippen molar-refractivity contribution in [2.24, 2.45) is 5.73 Å². The molecule has 0 bridgehead atoms. The van der Waals surface area contributed by atoms with Gasteiger partial charge in [0.25, 0.3) is 5.91 Å². The summed E-state index contributed by atoms with van der Waals surface area (Å²) in [6, 6.07) is 6.87. The van der Waals surface area contributed by atoms with E-state index in [-0.39, 0.29) is 12.5 Å². The van der Waals surface area contributed by atoms with Gasteiger partial charge in [0.2, 0.25) is 0 Å². The number of carbonyl (C=O) groups is 1. The number of benzene rings is 1. The van der Waals surface area contributed by atoms with Crippen molar-refractivity contribution in [2.75, 3.05) is 13.1 Å². The fraction of sp³-hybridized carbons (Fsp3) is 0.417. The molecule has 1 amide bonds. The molecule has 1 aromatic carbocycles. The summed E-state index contributed by atoms with van der Waals surface area (Å²) in [5, 5.41) is 12.7. The van der Waals surface area contributed by atoms with E-state index in [9.17, 15) is 9.90 Å². The summed E-state index contributed by atoms with van der Waals surface area (Å²) < 4.78 is 0. The summed E-state index contributed by atoms with van der Waals surface area (Å²) in [7, 11) is 0. The second kappa shape index (κ2) is 5.09. The predicted molar refractivity (Wildman–Crippen MR) is 63.1 cm³/mol. The van der Waals surface area contributed by atoms with Crippen LogP contribution in [0.1, 0.15) is 29.8 Å². The maximum atomic E-state index is 11.6. The van der Waals surface area contributed by atoms with Crippen molar-refractivity contribution in [2.45, 2.75) is 19.4 Å². The highest BCUT2D eigenvalue weighted by Gasteiger charge is 2.21. The third kappa shape index (κ3) is 2.81. The molecule has 88 valence electrons. The molecular weight excluding hydrogens is 204 g/mol. The van der Waals surface area contributed by atoms with Gasteiger partial charge in [-0.3, -0.25) is 4.79 Å². The molecule has 1 rings (SSSR count). The Balaban J connectivity index is 3.00. The van der Waals surface area contributed by atoms with E-state index in [2.05, 4.69) is 5.32 Å². The summed E-state index contributed by atoms with van der Waals surface area (Å²) in [4.78, 5) is 11.6. The SMILES string of the molecule is CCNC(=O)c1cccc(C(C)(O)CN)c1. The van der Waals surface area contributed by atoms with E-state index >= 15 is 0 Å². The summed E-state index contributed by atoms with van der Waals surface area (Å²) >= 11 is 0. The third-order valence-electron chi connectivity index (χ3n) is 2.48. The highest BCUT2D eigenvalue weighted by molar-refractivity contribution is 5.94. The lowest BCUT2D eigenvalue weighted by atomic mass is 9.94. The standard InChI is InChI=1S/C12H18N2O2/c1-3-14-11(15)9-5-4-6-10(7-9)12(2,16)8-13/h4-7,16H,3,8,13H2,1-2H3,(H,14,15). The maximum Gasteiger partial charge on any atom is 0.251 e. The lowest BCUT2D eigenvalue weighted by Crippen LogP contribution is -2.31. The van der Waals surface area contributed by atoms with Crippen molar-refractivity contribution in [3.8, 4) is 0 Å². The van der Waals surface area contributed by atoms with Crippen LogP contribution in [0.5, 0.6) is 0 Å². The van der Waals surface area contributed by atoms with Gasteiger partial charge in [-0.05, 0) is 31.5 Å². The molecule has 0 radical (unpaired) electrons. The van der Waals surface area contributed by atoms with Gasteiger partial charge in [-0.15, -0.1) is 0 Å². The van der Waals surface area contributed by atoms with E-state index in [1.165, 1.54) is 0 Å². The fourth-order valence-corrected chi connectivity index (χ4v) is 1.38. The normalized spacial score (nSPS) is 14.2. The molecule has 0 heterocycles. The molecule has 0 saturated heterocycles. The van der Waals surface area contributed by atoms with E-state index in [4.69, 9.17) is 5.73 Å². The lowest BCUT2D eigenvalue weighted by molar-refractivity contribution is 0.0667. The second-order valence-corrected chi connectivity index (χ2v) is 3.92. The van der Waals surface area contributed by atoms with E-state index in [0.717, 1.165) is 0 Å². The molecule has 1 unspecified atom stereocenters. The Kier molecular flexibility index (Phi) is 4.04. The summed E-state index contributed by atoms with van der Waals surface area (Å²) in [5.41, 5.74) is 5.56. The van der Waals surface area contributed by atoms with Gasteiger partial charge in [0.05, 0.1) is 5.60 Å². The molecule has 0 aliphatic heterocycles. The Morgan fingerprint density at radius 3 is 2.81 bits per heavy atom. The van der Waals surface area contributed by atoms with Gasteiger partial charge >= 0.3 is 0 Å². The van der Waals surface area contributed by atoms with Crippen LogP contribution in [0.3, 0.4) is 0 Å². The molecule has 0 aromatic heterocycles. The molecule has 0 saturated carbocycles. The lowest BCUT2D eigenvalue weighted by Gasteiger charge is -2.22. The third-order valence-corrected chi connectivity index (χ3v) is 2.48. The van der Waals surface area contributed by atoms with Gasteiger partial charge in [-0.1, -0.05) is 12.1 Å². The Labute approximate surface area is 95.5 Å². The number of nitrogens with one attached hydrogen (secondary N) is 1. The number of rotatable bonds is 4. The minimum Gasteiger partial charge on any atom is -0.384 e. The highest BCUT2D eigenvalue weighted by Crippen LogP contribution is 2.20. The van der Waals surface area contributed by atoms with Crippen LogP contribution in [0.2, 0.25) is 0 Å². The van der Waals surface area contributed by atoms with Crippen molar-refractivity contribution in [1.29, 1.82) is 0 Å². The summed E-state index contributed by atoms with van der Waals surface area (Å²) in [6.07, 6.45) is 0. The molecule has 0 aliphatic carbocycles. The molecule has 4 N–H and O–H groups in total. The van der Waals surface area contributed by atoms with Crippen LogP contribution in [-0.4, -0.2) is 24.1 Å². The van der Waals surface area contributed by atoms with Crippen molar-refractivity contribution in [3.05, 3.63) is 35.4 Å². The van der Waals surface area contributed by atoms with Gasteiger partial charge in [0.15, 0.2) is 0 Å². The fourth-order valence-electron chi connectivity index (χ4n) is 1.38. The topological polar surface area (TPSA) is 75.3 Å². The van der Waals surface area contributed by atoms with Gasteiger partial charge in [0, 0.05) is 18.7 Å². The zero-order valence-corrected chi connectivity index (χ0v) is 9.66. The second-order valence-electron chi connectivity index (χ2n) is 3.92. The number of carbonyl (C=O) groups excluding carboxylic acids is 1. The quantitative estimate of drug-likeness (QED) is 0.698. The zero-order chi connectivity index (χ0) is 12.2. The average Bonchev–Trinajstić information content (AvgIpc) is 2.29. The Morgan fingerprint density at radius 1 is 1.56 bits per heavy atom. The van der Waals surface area contributed by atoms with Crippen molar-refractivity contribution in [1.82, 2.24) is 5.32 Å². The van der Waals surface area contributed by atoms with E-state index < -0.39 is 5.60 Å². The van der Waals surface area contributed by atoms with Crippen LogP contribution in [0.4, 0.5) is 0 Å². The molecule has 16 heavy (non-hydrogen) atoms. The Morgan fingerprint density at radius 2 is 2.25 bits per heavy atom. The van der Waals surface area contributed by atoms with Crippen LogP contribution >= 0.6 is 0 Å². The maximum absolute atomic E-state index is 11.6. The molecule has 1 atom stereocenters. The highest BCUT2D eigenvalue weighted by atomic mass is 16.3. The summed E-state index contributed by atoms with van der Waals surface area (Å²) in [5.74, 6) is -0.142. The van der Waals surface area contributed by atoms with E-state index in [1.807, 2.05) is 6.92 Å². The Hall–Kier alpha value is -1.39. The van der Waals surface area contributed by atoms with Crippen LogP contribution in [-0.2, 0) is 5.60 Å². The first-order valence-electron chi connectivity index (χ1n) is 5.32. The monoisotopic (exact) mass is 222 g/mol. The number of nitrogens with two attached hydrogens (primary N) is 1. The van der Waals surface area contributed by atoms with Gasteiger partial charge in [-0.2, -0.15) is 0 Å². The number of amides is 1. The number of hydrogen-bond donors (Lipinski definition) is 3. The first kappa shape index (κ1) is 12.7. The summed E-state index contributed by atoms with van der Waals surface area (Å²) in [6.45, 7) is 4.18. The molecule has 4 nitrogen and oxygen atoms in total. The number of hydrogen-bond acceptors (Lipinski definition) is 3. The first-order chi connectivity index (χ1) is 7.51. The van der Waals surface area contributed by atoms with Crippen LogP contribution in [0, 0.1) is 0 Å². The molecule has 0 aliphatic rings.